The van der Waals surface area contributed by atoms with Crippen LogP contribution < -0.4 is 0 Å². The summed E-state index contributed by atoms with van der Waals surface area (Å²) >= 11 is 1.50. The van der Waals surface area contributed by atoms with Crippen molar-refractivity contribution in [2.24, 2.45) is 5.92 Å². The smallest absolute Gasteiger partial charge is 0.307 e. The second-order valence-electron chi connectivity index (χ2n) is 5.80. The van der Waals surface area contributed by atoms with Crippen LogP contribution in [-0.2, 0) is 4.79 Å². The van der Waals surface area contributed by atoms with Gasteiger partial charge in [-0.05, 0) is 47.8 Å². The number of hydrogen-bond donors (Lipinski definition) is 1. The maximum absolute atomic E-state index is 14.3. The number of carboxylic acid groups (broad SMARTS) is 1. The van der Waals surface area contributed by atoms with Crippen molar-refractivity contribution < 1.29 is 18.7 Å². The van der Waals surface area contributed by atoms with Crippen molar-refractivity contribution in [2.45, 2.75) is 18.9 Å². The average molecular weight is 337 g/mol. The number of carboxylic acids is 1. The van der Waals surface area contributed by atoms with Crippen molar-refractivity contribution in [1.29, 1.82) is 0 Å². The first-order valence-corrected chi connectivity index (χ1v) is 8.44. The molecule has 1 fully saturated rings. The molecule has 1 N–H and O–H groups in total. The topological polar surface area (TPSA) is 40.5 Å². The van der Waals surface area contributed by atoms with E-state index >= 15 is 0 Å². The predicted molar refractivity (Wildman–Crippen MR) is 84.5 cm³/mol. The van der Waals surface area contributed by atoms with E-state index in [2.05, 4.69) is 0 Å². The van der Waals surface area contributed by atoms with Gasteiger partial charge in [0.15, 0.2) is 0 Å². The van der Waals surface area contributed by atoms with E-state index in [9.17, 15) is 18.7 Å². The molecule has 1 aromatic carbocycles. The van der Waals surface area contributed by atoms with Gasteiger partial charge in [0, 0.05) is 18.2 Å². The van der Waals surface area contributed by atoms with E-state index in [1.807, 2.05) is 21.7 Å². The van der Waals surface area contributed by atoms with Gasteiger partial charge in [0.2, 0.25) is 0 Å². The molecule has 0 saturated carbocycles. The number of aliphatic carboxylic acids is 1. The Kier molecular flexibility index (Phi) is 4.73. The molecule has 1 saturated heterocycles. The van der Waals surface area contributed by atoms with Gasteiger partial charge < -0.3 is 5.11 Å². The number of thiophene rings is 1. The summed E-state index contributed by atoms with van der Waals surface area (Å²) in [6.07, 6.45) is 1.38. The molecule has 1 aliphatic rings. The fourth-order valence-corrected chi connectivity index (χ4v) is 3.86. The summed E-state index contributed by atoms with van der Waals surface area (Å²) in [4.78, 5) is 13.3. The molecule has 122 valence electrons. The van der Waals surface area contributed by atoms with Crippen molar-refractivity contribution in [3.05, 3.63) is 57.8 Å². The summed E-state index contributed by atoms with van der Waals surface area (Å²) in [6.45, 7) is 1.06. The van der Waals surface area contributed by atoms with E-state index in [1.165, 1.54) is 23.5 Å². The molecule has 2 atom stereocenters. The van der Waals surface area contributed by atoms with Crippen LogP contribution in [0.4, 0.5) is 8.78 Å². The van der Waals surface area contributed by atoms with Gasteiger partial charge in [0.25, 0.3) is 0 Å². The molecule has 0 radical (unpaired) electrons. The van der Waals surface area contributed by atoms with Crippen LogP contribution >= 0.6 is 11.3 Å². The summed E-state index contributed by atoms with van der Waals surface area (Å²) < 4.78 is 27.6. The third-order valence-electron chi connectivity index (χ3n) is 4.28. The molecule has 2 unspecified atom stereocenters. The lowest BCUT2D eigenvalue weighted by molar-refractivity contribution is -0.143. The lowest BCUT2D eigenvalue weighted by Gasteiger charge is -2.37. The van der Waals surface area contributed by atoms with Gasteiger partial charge in [0.1, 0.15) is 11.6 Å². The number of piperidine rings is 1. The number of nitrogens with zero attached hydrogens (tertiary/aromatic N) is 1. The number of halogens is 2. The molecular formula is C17H17F2NO2S. The Labute approximate surface area is 137 Å². The highest BCUT2D eigenvalue weighted by atomic mass is 32.1. The maximum atomic E-state index is 14.3. The van der Waals surface area contributed by atoms with Crippen LogP contribution in [-0.4, -0.2) is 29.1 Å². The van der Waals surface area contributed by atoms with E-state index in [4.69, 9.17) is 0 Å². The fraction of sp³-hybridized carbons (Fsp3) is 0.353. The molecule has 1 aromatic heterocycles. The molecule has 6 heteroatoms. The number of carbonyl (C=O) groups is 1. The lowest BCUT2D eigenvalue weighted by atomic mass is 9.92. The minimum Gasteiger partial charge on any atom is -0.481 e. The van der Waals surface area contributed by atoms with Crippen LogP contribution in [0.15, 0.2) is 35.0 Å². The van der Waals surface area contributed by atoms with Gasteiger partial charge in [-0.3, -0.25) is 9.69 Å². The summed E-state index contributed by atoms with van der Waals surface area (Å²) in [5, 5.41) is 13.1. The van der Waals surface area contributed by atoms with Crippen molar-refractivity contribution in [3.63, 3.8) is 0 Å². The van der Waals surface area contributed by atoms with E-state index in [0.717, 1.165) is 18.1 Å². The third-order valence-corrected chi connectivity index (χ3v) is 4.98. The molecule has 0 aliphatic carbocycles. The van der Waals surface area contributed by atoms with Crippen LogP contribution in [0, 0.1) is 17.6 Å². The summed E-state index contributed by atoms with van der Waals surface area (Å²) in [7, 11) is 0. The zero-order chi connectivity index (χ0) is 16.4. The first-order valence-electron chi connectivity index (χ1n) is 7.50. The van der Waals surface area contributed by atoms with Crippen LogP contribution in [0.2, 0.25) is 0 Å². The number of rotatable bonds is 4. The summed E-state index contributed by atoms with van der Waals surface area (Å²) in [6, 6.07) is 5.10. The highest BCUT2D eigenvalue weighted by Gasteiger charge is 2.32. The van der Waals surface area contributed by atoms with Gasteiger partial charge in [-0.1, -0.05) is 6.07 Å². The van der Waals surface area contributed by atoms with Crippen LogP contribution in [0.5, 0.6) is 0 Å². The molecule has 2 aromatic rings. The molecule has 3 rings (SSSR count). The normalized spacial score (nSPS) is 20.3. The first kappa shape index (κ1) is 16.1. The second-order valence-corrected chi connectivity index (χ2v) is 6.58. The highest BCUT2D eigenvalue weighted by Crippen LogP contribution is 2.35. The van der Waals surface area contributed by atoms with Crippen molar-refractivity contribution in [2.75, 3.05) is 13.1 Å². The molecule has 2 heterocycles. The molecule has 0 amide bonds. The van der Waals surface area contributed by atoms with Crippen LogP contribution in [0.1, 0.15) is 30.0 Å². The Morgan fingerprint density at radius 3 is 2.83 bits per heavy atom. The summed E-state index contributed by atoms with van der Waals surface area (Å²) in [5.74, 6) is -2.48. The number of benzene rings is 1. The van der Waals surface area contributed by atoms with Crippen molar-refractivity contribution in [1.82, 2.24) is 4.90 Å². The zero-order valence-electron chi connectivity index (χ0n) is 12.4. The Morgan fingerprint density at radius 2 is 2.17 bits per heavy atom. The van der Waals surface area contributed by atoms with Gasteiger partial charge in [-0.2, -0.15) is 11.3 Å². The molecule has 0 spiro atoms. The Bertz CT molecular complexity index is 690. The molecule has 23 heavy (non-hydrogen) atoms. The predicted octanol–water partition coefficient (Wildman–Crippen LogP) is 3.91. The minimum atomic E-state index is -0.821. The van der Waals surface area contributed by atoms with Crippen molar-refractivity contribution in [3.8, 4) is 0 Å². The maximum Gasteiger partial charge on any atom is 0.307 e. The third kappa shape index (κ3) is 3.43. The Balaban J connectivity index is 1.98. The van der Waals surface area contributed by atoms with E-state index in [0.29, 0.717) is 25.1 Å². The second kappa shape index (κ2) is 6.76. The quantitative estimate of drug-likeness (QED) is 0.919. The van der Waals surface area contributed by atoms with Gasteiger partial charge in [0.05, 0.1) is 12.0 Å². The Morgan fingerprint density at radius 1 is 1.35 bits per heavy atom. The van der Waals surface area contributed by atoms with Crippen LogP contribution in [0.3, 0.4) is 0 Å². The average Bonchev–Trinajstić information content (AvgIpc) is 3.04. The summed E-state index contributed by atoms with van der Waals surface area (Å²) in [5.41, 5.74) is 1.29. The van der Waals surface area contributed by atoms with Gasteiger partial charge >= 0.3 is 5.97 Å². The minimum absolute atomic E-state index is 0.368. The lowest BCUT2D eigenvalue weighted by Crippen LogP contribution is -2.41. The van der Waals surface area contributed by atoms with Crippen LogP contribution in [0.25, 0.3) is 0 Å². The van der Waals surface area contributed by atoms with E-state index in [-0.39, 0.29) is 6.04 Å². The Hall–Kier alpha value is -1.79. The molecule has 1 aliphatic heterocycles. The number of likely N-dealkylation sites (tertiary alicyclic amines) is 1. The number of hydrogen-bond acceptors (Lipinski definition) is 3. The fourth-order valence-electron chi connectivity index (χ4n) is 3.18. The SMILES string of the molecule is O=C(O)C1CCCN(C(c2ccsc2)c2ccc(F)cc2F)C1. The highest BCUT2D eigenvalue weighted by molar-refractivity contribution is 7.08. The first-order chi connectivity index (χ1) is 11.1. The molecule has 3 nitrogen and oxygen atoms in total. The monoisotopic (exact) mass is 337 g/mol. The van der Waals surface area contributed by atoms with Gasteiger partial charge in [-0.15, -0.1) is 0 Å². The van der Waals surface area contributed by atoms with Gasteiger partial charge in [-0.25, -0.2) is 8.78 Å². The van der Waals surface area contributed by atoms with E-state index < -0.39 is 23.5 Å². The standard InChI is InChI=1S/C17H17F2NO2S/c18-13-3-4-14(15(19)8-13)16(12-5-7-23-10-12)20-6-1-2-11(9-20)17(21)22/h3-5,7-8,10-11,16H,1-2,6,9H2,(H,21,22). The van der Waals surface area contributed by atoms with E-state index in [1.54, 1.807) is 0 Å². The molecular weight excluding hydrogens is 320 g/mol. The largest absolute Gasteiger partial charge is 0.481 e. The zero-order valence-corrected chi connectivity index (χ0v) is 13.2. The van der Waals surface area contributed by atoms with Crippen molar-refractivity contribution >= 4 is 17.3 Å². The molecule has 0 bridgehead atoms.